The maximum atomic E-state index is 13.1. The Kier molecular flexibility index (Phi) is 44.4. The molecule has 12 unspecified atom stereocenters. The zero-order valence-corrected chi connectivity index (χ0v) is 48.3. The van der Waals surface area contributed by atoms with Crippen molar-refractivity contribution in [3.63, 3.8) is 0 Å². The van der Waals surface area contributed by atoms with Gasteiger partial charge in [0, 0.05) is 6.42 Å². The summed E-state index contributed by atoms with van der Waals surface area (Å²) in [4.78, 5) is 13.1. The van der Waals surface area contributed by atoms with E-state index in [4.69, 9.17) is 18.9 Å². The number of nitrogens with one attached hydrogen (secondary N) is 1. The van der Waals surface area contributed by atoms with Gasteiger partial charge in [0.05, 0.1) is 32.0 Å². The number of ether oxygens (including phenoxy) is 4. The van der Waals surface area contributed by atoms with Crippen LogP contribution in [0.2, 0.25) is 0 Å². The minimum atomic E-state index is -1.78. The minimum absolute atomic E-state index is 0.227. The number of aliphatic hydroxyl groups is 8. The van der Waals surface area contributed by atoms with Gasteiger partial charge in [0.1, 0.15) is 48.8 Å². The molecule has 0 aromatic rings. The van der Waals surface area contributed by atoms with Crippen LogP contribution < -0.4 is 5.32 Å². The van der Waals surface area contributed by atoms with Crippen LogP contribution in [0.4, 0.5) is 0 Å². The van der Waals surface area contributed by atoms with E-state index in [-0.39, 0.29) is 18.9 Å². The molecule has 2 saturated heterocycles. The van der Waals surface area contributed by atoms with Crippen molar-refractivity contribution >= 4 is 5.91 Å². The van der Waals surface area contributed by atoms with Crippen molar-refractivity contribution in [3.05, 3.63) is 122 Å². The molecule has 0 aromatic carbocycles. The molecule has 79 heavy (non-hydrogen) atoms. The molecule has 0 aliphatic carbocycles. The van der Waals surface area contributed by atoms with Crippen molar-refractivity contribution in [1.82, 2.24) is 5.32 Å². The minimum Gasteiger partial charge on any atom is -0.394 e. The molecule has 2 aliphatic rings. The molecule has 12 atom stereocenters. The van der Waals surface area contributed by atoms with E-state index in [9.17, 15) is 45.6 Å². The Labute approximate surface area is 476 Å². The van der Waals surface area contributed by atoms with Crippen LogP contribution in [0, 0.1) is 0 Å². The standard InChI is InChI=1S/C65H107NO13/c1-3-5-7-9-10-11-12-13-14-15-16-17-18-19-20-21-22-23-24-25-26-27-28-29-30-31-32-33-34-35-36-37-38-39-40-41-42-43-44-45-47-49-57(70)66-53(54(69)48-46-8-6-4-2)52-76-64-62(75)60(73)63(56(51-68)78-64)79-65-61(74)59(72)58(71)55(50-67)77-65/h5,7,10-11,13-14,16-17,19-20,22-23,25-26,28-29,31-32,34-35,53-56,58-65,67-69,71-75H,3-4,6,8-9,12,15,18,21,24,27,30,33,36-52H2,1-2H3,(H,66,70)/b7-5-,11-10-,14-13-,17-16-,20-19-,23-22-,26-25-,29-28-,32-31-,35-34-. The third kappa shape index (κ3) is 34.4. The van der Waals surface area contributed by atoms with Crippen molar-refractivity contribution < 1.29 is 64.6 Å². The summed E-state index contributed by atoms with van der Waals surface area (Å²) in [6, 6.07) is -0.834. The Morgan fingerprint density at radius 2 is 0.873 bits per heavy atom. The molecule has 1 amide bonds. The van der Waals surface area contributed by atoms with E-state index in [1.165, 1.54) is 38.5 Å². The first-order valence-corrected chi connectivity index (χ1v) is 30.3. The fourth-order valence-corrected chi connectivity index (χ4v) is 9.09. The first-order chi connectivity index (χ1) is 38.6. The second-order valence-electron chi connectivity index (χ2n) is 20.7. The maximum Gasteiger partial charge on any atom is 0.220 e. The molecule has 0 saturated carbocycles. The van der Waals surface area contributed by atoms with Crippen molar-refractivity contribution in [2.45, 2.75) is 261 Å². The van der Waals surface area contributed by atoms with Gasteiger partial charge in [-0.2, -0.15) is 0 Å². The van der Waals surface area contributed by atoms with Crippen molar-refractivity contribution in [2.75, 3.05) is 19.8 Å². The molecular weight excluding hydrogens is 1000 g/mol. The Balaban J connectivity index is 1.51. The van der Waals surface area contributed by atoms with Gasteiger partial charge in [-0.05, 0) is 89.9 Å². The summed E-state index contributed by atoms with van der Waals surface area (Å²) in [7, 11) is 0. The lowest BCUT2D eigenvalue weighted by Gasteiger charge is -2.46. The molecule has 0 spiro atoms. The molecule has 0 radical (unpaired) electrons. The van der Waals surface area contributed by atoms with Gasteiger partial charge in [0.2, 0.25) is 5.91 Å². The van der Waals surface area contributed by atoms with Gasteiger partial charge in [0.15, 0.2) is 12.6 Å². The summed E-state index contributed by atoms with van der Waals surface area (Å²) < 4.78 is 22.6. The second kappa shape index (κ2) is 49.0. The quantitative estimate of drug-likeness (QED) is 0.0204. The molecule has 450 valence electrons. The highest BCUT2D eigenvalue weighted by Crippen LogP contribution is 2.30. The number of hydrogen-bond acceptors (Lipinski definition) is 13. The van der Waals surface area contributed by atoms with Gasteiger partial charge in [-0.25, -0.2) is 0 Å². The Morgan fingerprint density at radius 1 is 0.468 bits per heavy atom. The van der Waals surface area contributed by atoms with E-state index in [1.807, 2.05) is 0 Å². The van der Waals surface area contributed by atoms with E-state index in [1.54, 1.807) is 0 Å². The molecule has 2 fully saturated rings. The average Bonchev–Trinajstić information content (AvgIpc) is 3.45. The predicted molar refractivity (Wildman–Crippen MR) is 318 cm³/mol. The molecule has 0 aromatic heterocycles. The molecule has 9 N–H and O–H groups in total. The third-order valence-electron chi connectivity index (χ3n) is 13.9. The van der Waals surface area contributed by atoms with E-state index in [0.29, 0.717) is 12.8 Å². The molecule has 14 heteroatoms. The van der Waals surface area contributed by atoms with Gasteiger partial charge < -0.3 is 65.1 Å². The lowest BCUT2D eigenvalue weighted by Crippen LogP contribution is -2.65. The van der Waals surface area contributed by atoms with E-state index in [0.717, 1.165) is 116 Å². The SMILES string of the molecule is CC/C=C\C/C=C\C/C=C\C/C=C\C/C=C\C/C=C\C/C=C\C/C=C\C/C=C\C/C=C\CCCCCCCCCCCCC(=O)NC(COC1OC(CO)C(OC2OC(CO)C(O)C(O)C2O)C(O)C1O)C(O)CCCCCC. The number of rotatable bonds is 46. The van der Waals surface area contributed by atoms with Crippen LogP contribution >= 0.6 is 0 Å². The number of hydrogen-bond donors (Lipinski definition) is 9. The van der Waals surface area contributed by atoms with Gasteiger partial charge in [-0.15, -0.1) is 0 Å². The highest BCUT2D eigenvalue weighted by Gasteiger charge is 2.51. The lowest BCUT2D eigenvalue weighted by molar-refractivity contribution is -0.359. The van der Waals surface area contributed by atoms with Crippen molar-refractivity contribution in [2.24, 2.45) is 0 Å². The fraction of sp³-hybridized carbons (Fsp3) is 0.677. The highest BCUT2D eigenvalue weighted by atomic mass is 16.7. The van der Waals surface area contributed by atoms with Crippen LogP contribution in [0.3, 0.4) is 0 Å². The largest absolute Gasteiger partial charge is 0.394 e. The summed E-state index contributed by atoms with van der Waals surface area (Å²) >= 11 is 0. The summed E-state index contributed by atoms with van der Waals surface area (Å²) in [6.07, 6.45) is 54.6. The van der Waals surface area contributed by atoms with Crippen LogP contribution in [0.25, 0.3) is 0 Å². The number of amides is 1. The van der Waals surface area contributed by atoms with Crippen LogP contribution in [0.5, 0.6) is 0 Å². The molecule has 0 bridgehead atoms. The number of carbonyl (C=O) groups is 1. The van der Waals surface area contributed by atoms with Gasteiger partial charge >= 0.3 is 0 Å². The molecule has 2 heterocycles. The predicted octanol–water partition coefficient (Wildman–Crippen LogP) is 10.6. The fourth-order valence-electron chi connectivity index (χ4n) is 9.09. The normalized spacial score (nSPS) is 25.3. The summed E-state index contributed by atoms with van der Waals surface area (Å²) in [5, 5.41) is 86.4. The molecule has 14 nitrogen and oxygen atoms in total. The Bertz CT molecular complexity index is 1790. The highest BCUT2D eigenvalue weighted by molar-refractivity contribution is 5.76. The monoisotopic (exact) mass is 1110 g/mol. The van der Waals surface area contributed by atoms with E-state index in [2.05, 4.69) is 141 Å². The van der Waals surface area contributed by atoms with Crippen LogP contribution in [0.1, 0.15) is 187 Å². The van der Waals surface area contributed by atoms with E-state index >= 15 is 0 Å². The number of unbranched alkanes of at least 4 members (excludes halogenated alkanes) is 13. The maximum absolute atomic E-state index is 13.1. The zero-order valence-electron chi connectivity index (χ0n) is 48.3. The van der Waals surface area contributed by atoms with Gasteiger partial charge in [-0.3, -0.25) is 4.79 Å². The lowest BCUT2D eigenvalue weighted by atomic mass is 9.97. The average molecular weight is 1110 g/mol. The van der Waals surface area contributed by atoms with Gasteiger partial charge in [0.25, 0.3) is 0 Å². The number of allylic oxidation sites excluding steroid dienone is 20. The zero-order chi connectivity index (χ0) is 57.4. The summed E-state index contributed by atoms with van der Waals surface area (Å²) in [5.41, 5.74) is 0. The van der Waals surface area contributed by atoms with Crippen LogP contribution in [0.15, 0.2) is 122 Å². The summed E-state index contributed by atoms with van der Waals surface area (Å²) in [6.45, 7) is 2.58. The number of carbonyl (C=O) groups excluding carboxylic acids is 1. The Morgan fingerprint density at radius 3 is 1.33 bits per heavy atom. The molecule has 2 rings (SSSR count). The van der Waals surface area contributed by atoms with Gasteiger partial charge in [-0.1, -0.05) is 212 Å². The molecular formula is C65H107NO13. The van der Waals surface area contributed by atoms with Crippen molar-refractivity contribution in [3.8, 4) is 0 Å². The summed E-state index contributed by atoms with van der Waals surface area (Å²) in [5.74, 6) is -0.227. The first-order valence-electron chi connectivity index (χ1n) is 30.3. The molecule has 2 aliphatic heterocycles. The Hall–Kier alpha value is -3.61. The van der Waals surface area contributed by atoms with Crippen LogP contribution in [-0.2, 0) is 23.7 Å². The van der Waals surface area contributed by atoms with E-state index < -0.39 is 86.8 Å². The second-order valence-corrected chi connectivity index (χ2v) is 20.7. The first kappa shape index (κ1) is 71.5. The topological polar surface area (TPSA) is 228 Å². The van der Waals surface area contributed by atoms with Crippen molar-refractivity contribution in [1.29, 1.82) is 0 Å². The smallest absolute Gasteiger partial charge is 0.220 e. The van der Waals surface area contributed by atoms with Crippen LogP contribution in [-0.4, -0.2) is 140 Å². The number of aliphatic hydroxyl groups excluding tert-OH is 8. The third-order valence-corrected chi connectivity index (χ3v) is 13.9.